The van der Waals surface area contributed by atoms with E-state index in [1.54, 1.807) is 7.11 Å². The minimum absolute atomic E-state index is 0.535. The van der Waals surface area contributed by atoms with Crippen molar-refractivity contribution in [3.63, 3.8) is 0 Å². The Morgan fingerprint density at radius 2 is 2.35 bits per heavy atom. The van der Waals surface area contributed by atoms with Gasteiger partial charge in [0.05, 0.1) is 6.61 Å². The number of piperidine rings is 1. The summed E-state index contributed by atoms with van der Waals surface area (Å²) < 4.78 is 6.13. The largest absolute Gasteiger partial charge is 0.383 e. The minimum Gasteiger partial charge on any atom is -0.383 e. The zero-order valence-electron chi connectivity index (χ0n) is 12.4. The Morgan fingerprint density at radius 1 is 1.50 bits per heavy atom. The molecule has 2 rings (SSSR count). The Morgan fingerprint density at radius 3 is 3.10 bits per heavy atom. The number of rotatable bonds is 6. The van der Waals surface area contributed by atoms with Crippen molar-refractivity contribution in [2.24, 2.45) is 0 Å². The topological polar surface area (TPSA) is 37.4 Å². The molecular weight excluding hydrogens is 318 g/mol. The van der Waals surface area contributed by atoms with Crippen LogP contribution in [0.1, 0.15) is 24.8 Å². The highest BCUT2D eigenvalue weighted by atomic mass is 79.9. The number of halogens is 1. The summed E-state index contributed by atoms with van der Waals surface area (Å²) in [4.78, 5) is 7.09. The van der Waals surface area contributed by atoms with E-state index in [1.165, 1.54) is 24.8 Å². The van der Waals surface area contributed by atoms with Crippen LogP contribution in [0.25, 0.3) is 0 Å². The lowest BCUT2D eigenvalue weighted by Gasteiger charge is -2.37. The maximum absolute atomic E-state index is 5.08. The maximum Gasteiger partial charge on any atom is 0.131 e. The molecule has 1 N–H and O–H groups in total. The van der Waals surface area contributed by atoms with E-state index in [9.17, 15) is 0 Å². The fourth-order valence-corrected chi connectivity index (χ4v) is 3.21. The average molecular weight is 342 g/mol. The van der Waals surface area contributed by atoms with E-state index in [0.29, 0.717) is 6.04 Å². The van der Waals surface area contributed by atoms with Gasteiger partial charge in [-0.25, -0.2) is 4.98 Å². The van der Waals surface area contributed by atoms with Crippen LogP contribution in [-0.4, -0.2) is 44.4 Å². The molecule has 1 aromatic heterocycles. The fraction of sp³-hybridized carbons (Fsp3) is 0.667. The zero-order valence-corrected chi connectivity index (χ0v) is 13.9. The molecule has 0 saturated carbocycles. The quantitative estimate of drug-likeness (QED) is 0.807. The van der Waals surface area contributed by atoms with E-state index >= 15 is 0 Å². The van der Waals surface area contributed by atoms with Gasteiger partial charge in [0, 0.05) is 43.5 Å². The first-order valence-electron chi connectivity index (χ1n) is 7.31. The molecule has 0 aliphatic carbocycles. The number of nitrogens with zero attached hydrogens (tertiary/aromatic N) is 2. The molecule has 1 aliphatic heterocycles. The first kappa shape index (κ1) is 15.7. The predicted molar refractivity (Wildman–Crippen MR) is 86.4 cm³/mol. The van der Waals surface area contributed by atoms with Gasteiger partial charge in [-0.15, -0.1) is 0 Å². The van der Waals surface area contributed by atoms with Crippen LogP contribution in [0.15, 0.2) is 16.7 Å². The number of aryl methyl sites for hydroxylation is 1. The molecule has 1 aromatic rings. The van der Waals surface area contributed by atoms with Crippen molar-refractivity contribution in [2.45, 2.75) is 32.2 Å². The molecule has 4 nitrogen and oxygen atoms in total. The van der Waals surface area contributed by atoms with Gasteiger partial charge in [0.1, 0.15) is 5.82 Å². The molecule has 5 heteroatoms. The summed E-state index contributed by atoms with van der Waals surface area (Å²) in [5, 5.41) is 3.48. The molecule has 2 heterocycles. The molecule has 0 amide bonds. The Bertz CT molecular complexity index is 428. The number of pyridine rings is 1. The van der Waals surface area contributed by atoms with Crippen LogP contribution >= 0.6 is 15.9 Å². The number of hydrogen-bond acceptors (Lipinski definition) is 4. The molecule has 20 heavy (non-hydrogen) atoms. The highest BCUT2D eigenvalue weighted by Gasteiger charge is 2.24. The Labute approximate surface area is 130 Å². The minimum atomic E-state index is 0.535. The molecule has 112 valence electrons. The van der Waals surface area contributed by atoms with Crippen molar-refractivity contribution < 1.29 is 4.74 Å². The highest BCUT2D eigenvalue weighted by Crippen LogP contribution is 2.27. The second kappa shape index (κ2) is 7.96. The van der Waals surface area contributed by atoms with Crippen LogP contribution in [0, 0.1) is 6.92 Å². The Hall–Kier alpha value is -0.650. The SMILES string of the molecule is COCCNCC1CCCCN1c1ncc(Br)cc1C. The first-order valence-corrected chi connectivity index (χ1v) is 8.10. The number of aromatic nitrogens is 1. The van der Waals surface area contributed by atoms with Crippen molar-refractivity contribution in [2.75, 3.05) is 38.3 Å². The lowest BCUT2D eigenvalue weighted by atomic mass is 10.0. The van der Waals surface area contributed by atoms with Gasteiger partial charge in [-0.05, 0) is 53.7 Å². The van der Waals surface area contributed by atoms with Crippen LogP contribution < -0.4 is 10.2 Å². The number of anilines is 1. The molecule has 0 bridgehead atoms. The second-order valence-corrected chi connectivity index (χ2v) is 6.25. The molecule has 1 aliphatic rings. The summed E-state index contributed by atoms with van der Waals surface area (Å²) in [7, 11) is 1.74. The van der Waals surface area contributed by atoms with Crippen molar-refractivity contribution in [3.8, 4) is 0 Å². The molecule has 1 unspecified atom stereocenters. The Balaban J connectivity index is 2.02. The number of ether oxygens (including phenoxy) is 1. The van der Waals surface area contributed by atoms with E-state index in [2.05, 4.69) is 44.1 Å². The standard InChI is InChI=1S/C15H24BrN3O/c1-12-9-13(16)10-18-15(12)19-7-4-3-5-14(19)11-17-6-8-20-2/h9-10,14,17H,3-8,11H2,1-2H3. The molecule has 0 spiro atoms. The van der Waals surface area contributed by atoms with E-state index in [1.807, 2.05) is 6.20 Å². The summed E-state index contributed by atoms with van der Waals surface area (Å²) in [5.41, 5.74) is 1.24. The summed E-state index contributed by atoms with van der Waals surface area (Å²) in [6.45, 7) is 5.92. The molecule has 1 fully saturated rings. The predicted octanol–water partition coefficient (Wildman–Crippen LogP) is 2.75. The summed E-state index contributed by atoms with van der Waals surface area (Å²) in [6.07, 6.45) is 5.69. The van der Waals surface area contributed by atoms with Gasteiger partial charge in [0.25, 0.3) is 0 Å². The van der Waals surface area contributed by atoms with E-state index in [-0.39, 0.29) is 0 Å². The molecule has 0 aromatic carbocycles. The van der Waals surface area contributed by atoms with Crippen LogP contribution in [0.5, 0.6) is 0 Å². The third-order valence-corrected chi connectivity index (χ3v) is 4.21. The average Bonchev–Trinajstić information content (AvgIpc) is 2.44. The van der Waals surface area contributed by atoms with Crippen molar-refractivity contribution in [1.29, 1.82) is 0 Å². The highest BCUT2D eigenvalue weighted by molar-refractivity contribution is 9.10. The summed E-state index contributed by atoms with van der Waals surface area (Å²) in [6, 6.07) is 2.68. The van der Waals surface area contributed by atoms with Crippen LogP contribution in [0.3, 0.4) is 0 Å². The van der Waals surface area contributed by atoms with Gasteiger partial charge < -0.3 is 15.0 Å². The van der Waals surface area contributed by atoms with Crippen LogP contribution in [-0.2, 0) is 4.74 Å². The lowest BCUT2D eigenvalue weighted by molar-refractivity contribution is 0.198. The van der Waals surface area contributed by atoms with Crippen molar-refractivity contribution in [3.05, 3.63) is 22.3 Å². The van der Waals surface area contributed by atoms with Crippen LogP contribution in [0.2, 0.25) is 0 Å². The van der Waals surface area contributed by atoms with E-state index < -0.39 is 0 Å². The van der Waals surface area contributed by atoms with Gasteiger partial charge in [-0.2, -0.15) is 0 Å². The van der Waals surface area contributed by atoms with Crippen molar-refractivity contribution >= 4 is 21.7 Å². The molecule has 1 atom stereocenters. The van der Waals surface area contributed by atoms with E-state index in [0.717, 1.165) is 36.5 Å². The van der Waals surface area contributed by atoms with Crippen molar-refractivity contribution in [1.82, 2.24) is 10.3 Å². The summed E-state index contributed by atoms with van der Waals surface area (Å²) in [5.74, 6) is 1.13. The molecule has 1 saturated heterocycles. The fourth-order valence-electron chi connectivity index (χ4n) is 2.77. The molecular formula is C15H24BrN3O. The van der Waals surface area contributed by atoms with Gasteiger partial charge >= 0.3 is 0 Å². The van der Waals surface area contributed by atoms with E-state index in [4.69, 9.17) is 4.74 Å². The van der Waals surface area contributed by atoms with Crippen LogP contribution in [0.4, 0.5) is 5.82 Å². The number of nitrogens with one attached hydrogen (secondary N) is 1. The third-order valence-electron chi connectivity index (χ3n) is 3.78. The second-order valence-electron chi connectivity index (χ2n) is 5.33. The lowest BCUT2D eigenvalue weighted by Crippen LogP contribution is -2.46. The first-order chi connectivity index (χ1) is 9.72. The molecule has 0 radical (unpaired) electrons. The van der Waals surface area contributed by atoms with Gasteiger partial charge in [-0.1, -0.05) is 0 Å². The third kappa shape index (κ3) is 4.17. The number of hydrogen-bond donors (Lipinski definition) is 1. The monoisotopic (exact) mass is 341 g/mol. The summed E-state index contributed by atoms with van der Waals surface area (Å²) >= 11 is 3.49. The van der Waals surface area contributed by atoms with Gasteiger partial charge in [-0.3, -0.25) is 0 Å². The maximum atomic E-state index is 5.08. The smallest absolute Gasteiger partial charge is 0.131 e. The van der Waals surface area contributed by atoms with Gasteiger partial charge in [0.2, 0.25) is 0 Å². The van der Waals surface area contributed by atoms with Gasteiger partial charge in [0.15, 0.2) is 0 Å². The number of methoxy groups -OCH3 is 1. The zero-order chi connectivity index (χ0) is 14.4. The Kier molecular flexibility index (Phi) is 6.26. The normalized spacial score (nSPS) is 19.4.